The summed E-state index contributed by atoms with van der Waals surface area (Å²) in [6, 6.07) is 14.2. The molecule has 4 rings (SSSR count). The molecule has 0 saturated carbocycles. The maximum Gasteiger partial charge on any atom is 0.267 e. The third-order valence-electron chi connectivity index (χ3n) is 4.99. The Bertz CT molecular complexity index is 1290. The van der Waals surface area contributed by atoms with E-state index in [9.17, 15) is 22.4 Å². The van der Waals surface area contributed by atoms with Gasteiger partial charge in [-0.05, 0) is 48.2 Å². The summed E-state index contributed by atoms with van der Waals surface area (Å²) in [4.78, 5) is 24.3. The highest BCUT2D eigenvalue weighted by Gasteiger charge is 2.25. The first-order chi connectivity index (χ1) is 14.3. The number of amides is 1. The van der Waals surface area contributed by atoms with Gasteiger partial charge in [0, 0.05) is 6.07 Å². The van der Waals surface area contributed by atoms with Crippen molar-refractivity contribution >= 4 is 15.7 Å². The first-order valence-electron chi connectivity index (χ1n) is 9.30. The minimum Gasteiger partial charge on any atom is -0.348 e. The molecule has 1 unspecified atom stereocenters. The van der Waals surface area contributed by atoms with Crippen LogP contribution in [0.2, 0.25) is 0 Å². The van der Waals surface area contributed by atoms with E-state index >= 15 is 0 Å². The lowest BCUT2D eigenvalue weighted by molar-refractivity contribution is -0.122. The summed E-state index contributed by atoms with van der Waals surface area (Å²) in [5, 5.41) is 6.27. The van der Waals surface area contributed by atoms with Crippen molar-refractivity contribution in [1.82, 2.24) is 15.1 Å². The van der Waals surface area contributed by atoms with Gasteiger partial charge in [-0.2, -0.15) is 5.10 Å². The molecule has 0 saturated heterocycles. The van der Waals surface area contributed by atoms with Crippen LogP contribution in [0.4, 0.5) is 4.39 Å². The fraction of sp³-hybridized carbons (Fsp3) is 0.190. The molecule has 0 radical (unpaired) electrons. The minimum absolute atomic E-state index is 0.163. The van der Waals surface area contributed by atoms with E-state index in [1.807, 2.05) is 24.3 Å². The van der Waals surface area contributed by atoms with E-state index in [2.05, 4.69) is 10.4 Å². The summed E-state index contributed by atoms with van der Waals surface area (Å²) in [6.07, 6.45) is 1.60. The van der Waals surface area contributed by atoms with Gasteiger partial charge in [0.05, 0.1) is 10.9 Å². The average Bonchev–Trinajstić information content (AvgIpc) is 3.12. The van der Waals surface area contributed by atoms with E-state index in [1.54, 1.807) is 0 Å². The molecule has 1 aliphatic carbocycles. The number of nitrogens with zero attached hydrogens (tertiary/aromatic N) is 2. The molecular formula is C21H18FN3O4S. The Hall–Kier alpha value is -3.33. The molecule has 0 bridgehead atoms. The van der Waals surface area contributed by atoms with Crippen LogP contribution < -0.4 is 10.9 Å². The van der Waals surface area contributed by atoms with Crippen LogP contribution in [-0.2, 0) is 27.6 Å². The molecule has 3 aromatic rings. The fourth-order valence-electron chi connectivity index (χ4n) is 3.52. The molecule has 1 aromatic heterocycles. The number of hydrogen-bond donors (Lipinski definition) is 1. The largest absolute Gasteiger partial charge is 0.348 e. The zero-order chi connectivity index (χ0) is 21.3. The zero-order valence-electron chi connectivity index (χ0n) is 15.8. The lowest BCUT2D eigenvalue weighted by Crippen LogP contribution is -2.35. The van der Waals surface area contributed by atoms with Crippen LogP contribution in [0, 0.1) is 5.82 Å². The SMILES string of the molecule is O=C(Cn1nc(S(=O)(=O)c2cccc(F)c2)ccc1=O)NC1CCc2ccccc21. The van der Waals surface area contributed by atoms with Crippen LogP contribution >= 0.6 is 0 Å². The van der Waals surface area contributed by atoms with Gasteiger partial charge in [-0.1, -0.05) is 30.3 Å². The second kappa shape index (κ2) is 7.83. The second-order valence-corrected chi connectivity index (χ2v) is 8.88. The third-order valence-corrected chi connectivity index (χ3v) is 6.63. The molecule has 2 aromatic carbocycles. The number of carbonyl (C=O) groups is 1. The van der Waals surface area contributed by atoms with Crippen molar-refractivity contribution in [2.75, 3.05) is 0 Å². The Morgan fingerprint density at radius 2 is 1.93 bits per heavy atom. The molecule has 1 amide bonds. The van der Waals surface area contributed by atoms with Crippen molar-refractivity contribution in [3.63, 3.8) is 0 Å². The van der Waals surface area contributed by atoms with Crippen LogP contribution in [0.25, 0.3) is 0 Å². The Balaban J connectivity index is 1.56. The number of aromatic nitrogens is 2. The van der Waals surface area contributed by atoms with Gasteiger partial charge in [-0.25, -0.2) is 17.5 Å². The van der Waals surface area contributed by atoms with Crippen molar-refractivity contribution in [2.24, 2.45) is 0 Å². The second-order valence-electron chi connectivity index (χ2n) is 6.99. The number of sulfone groups is 1. The monoisotopic (exact) mass is 427 g/mol. The molecule has 154 valence electrons. The van der Waals surface area contributed by atoms with Crippen LogP contribution in [-0.4, -0.2) is 24.1 Å². The number of carbonyl (C=O) groups excluding carboxylic acids is 1. The predicted octanol–water partition coefficient (Wildman–Crippen LogP) is 2.02. The first-order valence-corrected chi connectivity index (χ1v) is 10.8. The van der Waals surface area contributed by atoms with Crippen molar-refractivity contribution in [3.8, 4) is 0 Å². The van der Waals surface area contributed by atoms with E-state index in [1.165, 1.54) is 17.7 Å². The number of aryl methyl sites for hydroxylation is 1. The van der Waals surface area contributed by atoms with E-state index in [4.69, 9.17) is 0 Å². The van der Waals surface area contributed by atoms with Gasteiger partial charge >= 0.3 is 0 Å². The summed E-state index contributed by atoms with van der Waals surface area (Å²) < 4.78 is 39.6. The van der Waals surface area contributed by atoms with Crippen molar-refractivity contribution in [1.29, 1.82) is 0 Å². The Morgan fingerprint density at radius 1 is 1.13 bits per heavy atom. The number of halogens is 1. The predicted molar refractivity (Wildman–Crippen MR) is 106 cm³/mol. The van der Waals surface area contributed by atoms with Crippen LogP contribution in [0.15, 0.2) is 75.4 Å². The maximum absolute atomic E-state index is 13.4. The molecule has 0 aliphatic heterocycles. The van der Waals surface area contributed by atoms with Gasteiger partial charge < -0.3 is 5.32 Å². The summed E-state index contributed by atoms with van der Waals surface area (Å²) >= 11 is 0. The molecule has 0 spiro atoms. The molecule has 1 N–H and O–H groups in total. The van der Waals surface area contributed by atoms with Gasteiger partial charge in [-0.15, -0.1) is 0 Å². The lowest BCUT2D eigenvalue weighted by Gasteiger charge is -2.14. The summed E-state index contributed by atoms with van der Waals surface area (Å²) in [7, 11) is -4.14. The molecule has 30 heavy (non-hydrogen) atoms. The van der Waals surface area contributed by atoms with Gasteiger partial charge in [0.25, 0.3) is 5.56 Å². The topological polar surface area (TPSA) is 98.1 Å². The summed E-state index contributed by atoms with van der Waals surface area (Å²) in [5.74, 6) is -1.16. The van der Waals surface area contributed by atoms with Gasteiger partial charge in [0.15, 0.2) is 5.03 Å². The molecule has 1 heterocycles. The minimum atomic E-state index is -4.14. The molecule has 1 aliphatic rings. The maximum atomic E-state index is 13.4. The van der Waals surface area contributed by atoms with E-state index in [-0.39, 0.29) is 10.9 Å². The van der Waals surface area contributed by atoms with E-state index < -0.39 is 38.7 Å². The Morgan fingerprint density at radius 3 is 2.73 bits per heavy atom. The van der Waals surface area contributed by atoms with Crippen LogP contribution in [0.5, 0.6) is 0 Å². The number of hydrogen-bond acceptors (Lipinski definition) is 5. The summed E-state index contributed by atoms with van der Waals surface area (Å²) in [6.45, 7) is -0.427. The van der Waals surface area contributed by atoms with Gasteiger partial charge in [0.1, 0.15) is 12.4 Å². The van der Waals surface area contributed by atoms with Crippen molar-refractivity contribution in [2.45, 2.75) is 35.3 Å². The first kappa shape index (κ1) is 20.0. The fourth-order valence-corrected chi connectivity index (χ4v) is 4.74. The molecule has 0 fully saturated rings. The third kappa shape index (κ3) is 3.88. The van der Waals surface area contributed by atoms with E-state index in [0.29, 0.717) is 0 Å². The normalized spacial score (nSPS) is 15.6. The highest BCUT2D eigenvalue weighted by Crippen LogP contribution is 2.30. The number of rotatable bonds is 5. The molecule has 9 heteroatoms. The number of nitrogens with one attached hydrogen (secondary N) is 1. The lowest BCUT2D eigenvalue weighted by atomic mass is 10.1. The Kier molecular flexibility index (Phi) is 5.21. The quantitative estimate of drug-likeness (QED) is 0.672. The van der Waals surface area contributed by atoms with Crippen LogP contribution in [0.3, 0.4) is 0 Å². The molecule has 7 nitrogen and oxygen atoms in total. The standard InChI is InChI=1S/C21H18FN3O4S/c22-15-5-3-6-16(12-15)30(28,29)20-10-11-21(27)25(24-20)13-19(26)23-18-9-8-14-4-1-2-7-17(14)18/h1-7,10-12,18H,8-9,13H2,(H,23,26). The highest BCUT2D eigenvalue weighted by atomic mass is 32.2. The number of benzene rings is 2. The van der Waals surface area contributed by atoms with Crippen molar-refractivity contribution < 1.29 is 17.6 Å². The molecular weight excluding hydrogens is 409 g/mol. The summed E-state index contributed by atoms with van der Waals surface area (Å²) in [5.41, 5.74) is 1.59. The smallest absolute Gasteiger partial charge is 0.267 e. The zero-order valence-corrected chi connectivity index (χ0v) is 16.6. The van der Waals surface area contributed by atoms with Crippen LogP contribution in [0.1, 0.15) is 23.6 Å². The van der Waals surface area contributed by atoms with E-state index in [0.717, 1.165) is 47.4 Å². The van der Waals surface area contributed by atoms with Gasteiger partial charge in [0.2, 0.25) is 15.7 Å². The van der Waals surface area contributed by atoms with Gasteiger partial charge in [-0.3, -0.25) is 9.59 Å². The Labute approximate surface area is 172 Å². The highest BCUT2D eigenvalue weighted by molar-refractivity contribution is 7.91. The number of fused-ring (bicyclic) bond motifs is 1. The average molecular weight is 427 g/mol. The molecule has 1 atom stereocenters. The van der Waals surface area contributed by atoms with Crippen molar-refractivity contribution in [3.05, 3.63) is 88.0 Å².